The first-order chi connectivity index (χ1) is 11.5. The third-order valence-electron chi connectivity index (χ3n) is 4.37. The Kier molecular flexibility index (Phi) is 4.73. The van der Waals surface area contributed by atoms with E-state index in [1.807, 2.05) is 24.4 Å². The van der Waals surface area contributed by atoms with Gasteiger partial charge in [-0.25, -0.2) is 4.98 Å². The number of aliphatic carboxylic acids is 1. The van der Waals surface area contributed by atoms with Gasteiger partial charge in [0.1, 0.15) is 5.75 Å². The third-order valence-corrected chi connectivity index (χ3v) is 5.27. The summed E-state index contributed by atoms with van der Waals surface area (Å²) in [4.78, 5) is 18.0. The van der Waals surface area contributed by atoms with E-state index in [2.05, 4.69) is 9.88 Å². The van der Waals surface area contributed by atoms with Gasteiger partial charge in [0.15, 0.2) is 5.13 Å². The van der Waals surface area contributed by atoms with E-state index in [4.69, 9.17) is 4.74 Å². The van der Waals surface area contributed by atoms with Crippen LogP contribution in [0.4, 0.5) is 5.13 Å². The number of carbonyl (C=O) groups is 1. The number of carboxylic acids is 1. The molecule has 1 aromatic carbocycles. The van der Waals surface area contributed by atoms with Crippen LogP contribution in [0.3, 0.4) is 0 Å². The van der Waals surface area contributed by atoms with Crippen molar-refractivity contribution >= 4 is 22.4 Å². The number of phenols is 1. The van der Waals surface area contributed by atoms with Crippen LogP contribution in [0.2, 0.25) is 0 Å². The van der Waals surface area contributed by atoms with Gasteiger partial charge in [0.05, 0.1) is 17.7 Å². The number of hydrogen-bond acceptors (Lipinski definition) is 6. The van der Waals surface area contributed by atoms with Gasteiger partial charge < -0.3 is 19.8 Å². The summed E-state index contributed by atoms with van der Waals surface area (Å²) in [6.07, 6.45) is 0.175. The smallest absolute Gasteiger partial charge is 0.309 e. The van der Waals surface area contributed by atoms with Crippen LogP contribution in [0.15, 0.2) is 23.6 Å². The first-order valence-corrected chi connectivity index (χ1v) is 8.63. The first kappa shape index (κ1) is 16.7. The van der Waals surface area contributed by atoms with E-state index in [0.29, 0.717) is 25.1 Å². The van der Waals surface area contributed by atoms with Crippen LogP contribution in [-0.2, 0) is 9.53 Å². The molecule has 1 saturated heterocycles. The zero-order valence-electron chi connectivity index (χ0n) is 13.6. The van der Waals surface area contributed by atoms with Crippen molar-refractivity contribution in [3.05, 3.63) is 29.1 Å². The Bertz CT molecular complexity index is 746. The van der Waals surface area contributed by atoms with Crippen LogP contribution in [-0.4, -0.2) is 47.5 Å². The van der Waals surface area contributed by atoms with Crippen LogP contribution in [0.1, 0.15) is 12.0 Å². The van der Waals surface area contributed by atoms with E-state index in [1.54, 1.807) is 13.2 Å². The molecule has 7 heteroatoms. The van der Waals surface area contributed by atoms with Gasteiger partial charge in [-0.3, -0.25) is 4.79 Å². The molecule has 6 nitrogen and oxygen atoms in total. The molecule has 0 radical (unpaired) electrons. The van der Waals surface area contributed by atoms with Crippen LogP contribution >= 0.6 is 11.3 Å². The molecular weight excluding hydrogens is 328 g/mol. The van der Waals surface area contributed by atoms with E-state index in [-0.39, 0.29) is 11.9 Å². The number of hydrogen-bond donors (Lipinski definition) is 2. The maximum Gasteiger partial charge on any atom is 0.309 e. The monoisotopic (exact) mass is 348 g/mol. The Morgan fingerprint density at radius 3 is 2.96 bits per heavy atom. The highest BCUT2D eigenvalue weighted by molar-refractivity contribution is 7.14. The van der Waals surface area contributed by atoms with Crippen molar-refractivity contribution in [3.63, 3.8) is 0 Å². The summed E-state index contributed by atoms with van der Waals surface area (Å²) >= 11 is 1.49. The molecule has 2 N–H and O–H groups in total. The fourth-order valence-corrected chi connectivity index (χ4v) is 3.86. The quantitative estimate of drug-likeness (QED) is 0.884. The minimum Gasteiger partial charge on any atom is -0.507 e. The zero-order chi connectivity index (χ0) is 17.3. The summed E-state index contributed by atoms with van der Waals surface area (Å²) in [5.74, 6) is -1.09. The number of nitrogens with zero attached hydrogens (tertiary/aromatic N) is 2. The van der Waals surface area contributed by atoms with Crippen molar-refractivity contribution in [1.82, 2.24) is 4.98 Å². The lowest BCUT2D eigenvalue weighted by Gasteiger charge is -2.35. The van der Waals surface area contributed by atoms with E-state index >= 15 is 0 Å². The summed E-state index contributed by atoms with van der Waals surface area (Å²) in [7, 11) is 1.54. The number of piperidine rings is 1. The Morgan fingerprint density at radius 2 is 2.25 bits per heavy atom. The minimum absolute atomic E-state index is 0.205. The Morgan fingerprint density at radius 1 is 1.46 bits per heavy atom. The number of aromatic hydroxyl groups is 1. The number of ether oxygens (including phenoxy) is 1. The molecule has 1 fully saturated rings. The maximum absolute atomic E-state index is 11.3. The molecule has 3 rings (SSSR count). The van der Waals surface area contributed by atoms with Gasteiger partial charge in [-0.2, -0.15) is 0 Å². The Labute approximate surface area is 144 Å². The number of thiazole rings is 1. The molecule has 0 saturated carbocycles. The zero-order valence-corrected chi connectivity index (χ0v) is 14.4. The normalized spacial score (nSPS) is 21.0. The van der Waals surface area contributed by atoms with Crippen molar-refractivity contribution in [1.29, 1.82) is 0 Å². The SMILES string of the molecule is CO[C@@H]1CN(c2nc(-c3cc(C)ccc3O)cs2)CC[C@@H]1C(=O)O. The lowest BCUT2D eigenvalue weighted by molar-refractivity contribution is -0.147. The number of aromatic nitrogens is 1. The number of rotatable bonds is 4. The van der Waals surface area contributed by atoms with E-state index < -0.39 is 11.9 Å². The van der Waals surface area contributed by atoms with E-state index in [0.717, 1.165) is 16.4 Å². The molecule has 2 atom stereocenters. The average molecular weight is 348 g/mol. The summed E-state index contributed by atoms with van der Waals surface area (Å²) in [5, 5.41) is 22.0. The molecule has 2 aromatic rings. The van der Waals surface area contributed by atoms with Crippen molar-refractivity contribution in [2.45, 2.75) is 19.4 Å². The average Bonchev–Trinajstić information content (AvgIpc) is 3.06. The molecule has 1 aliphatic heterocycles. The summed E-state index contributed by atoms with van der Waals surface area (Å²) in [6, 6.07) is 5.43. The predicted molar refractivity (Wildman–Crippen MR) is 92.7 cm³/mol. The number of aryl methyl sites for hydroxylation is 1. The van der Waals surface area contributed by atoms with Crippen LogP contribution < -0.4 is 4.90 Å². The van der Waals surface area contributed by atoms with Crippen LogP contribution in [0.25, 0.3) is 11.3 Å². The summed E-state index contributed by atoms with van der Waals surface area (Å²) in [5.41, 5.74) is 2.49. The lowest BCUT2D eigenvalue weighted by Crippen LogP contribution is -2.47. The summed E-state index contributed by atoms with van der Waals surface area (Å²) in [6.45, 7) is 3.10. The predicted octanol–water partition coefficient (Wildman–Crippen LogP) is 2.75. The Balaban J connectivity index is 1.81. The van der Waals surface area contributed by atoms with Crippen LogP contribution in [0, 0.1) is 12.8 Å². The van der Waals surface area contributed by atoms with E-state index in [9.17, 15) is 15.0 Å². The molecule has 1 aromatic heterocycles. The van der Waals surface area contributed by atoms with Gasteiger partial charge in [-0.05, 0) is 25.5 Å². The second-order valence-electron chi connectivity index (χ2n) is 5.99. The number of methoxy groups -OCH3 is 1. The number of carboxylic acid groups (broad SMARTS) is 1. The highest BCUT2D eigenvalue weighted by atomic mass is 32.1. The van der Waals surface area contributed by atoms with Gasteiger partial charge in [0.25, 0.3) is 0 Å². The molecule has 128 valence electrons. The number of phenolic OH excluding ortho intramolecular Hbond substituents is 1. The molecular formula is C17H20N2O4S. The lowest BCUT2D eigenvalue weighted by atomic mass is 9.94. The molecule has 0 bridgehead atoms. The number of benzene rings is 1. The Hall–Kier alpha value is -2.12. The van der Waals surface area contributed by atoms with Gasteiger partial charge in [0.2, 0.25) is 0 Å². The summed E-state index contributed by atoms with van der Waals surface area (Å²) < 4.78 is 5.36. The fourth-order valence-electron chi connectivity index (χ4n) is 3.00. The standard InChI is InChI=1S/C17H20N2O4S/c1-10-3-4-14(20)12(7-10)13-9-24-17(18-13)19-6-5-11(16(21)22)15(8-19)23-2/h3-4,7,9,11,15,20H,5-6,8H2,1-2H3,(H,21,22)/t11-,15+/m0/s1. The molecule has 0 aliphatic carbocycles. The van der Waals surface area contributed by atoms with Gasteiger partial charge in [-0.15, -0.1) is 11.3 Å². The van der Waals surface area contributed by atoms with Crippen molar-refractivity contribution in [2.24, 2.45) is 5.92 Å². The highest BCUT2D eigenvalue weighted by Crippen LogP contribution is 2.35. The fraction of sp³-hybridized carbons (Fsp3) is 0.412. The maximum atomic E-state index is 11.3. The van der Waals surface area contributed by atoms with Gasteiger partial charge in [0, 0.05) is 31.1 Å². The second-order valence-corrected chi connectivity index (χ2v) is 6.83. The highest BCUT2D eigenvalue weighted by Gasteiger charge is 2.35. The van der Waals surface area contributed by atoms with Crippen molar-refractivity contribution in [3.8, 4) is 17.0 Å². The van der Waals surface area contributed by atoms with Crippen molar-refractivity contribution < 1.29 is 19.7 Å². The first-order valence-electron chi connectivity index (χ1n) is 7.75. The third kappa shape index (κ3) is 3.22. The van der Waals surface area contributed by atoms with Gasteiger partial charge in [-0.1, -0.05) is 11.6 Å². The second kappa shape index (κ2) is 6.78. The van der Waals surface area contributed by atoms with Crippen LogP contribution in [0.5, 0.6) is 5.75 Å². The largest absolute Gasteiger partial charge is 0.507 e. The van der Waals surface area contributed by atoms with Crippen molar-refractivity contribution in [2.75, 3.05) is 25.1 Å². The topological polar surface area (TPSA) is 82.9 Å². The number of anilines is 1. The molecule has 0 unspecified atom stereocenters. The van der Waals surface area contributed by atoms with Gasteiger partial charge >= 0.3 is 5.97 Å². The molecule has 1 aliphatic rings. The molecule has 2 heterocycles. The molecule has 0 spiro atoms. The minimum atomic E-state index is -0.814. The molecule has 24 heavy (non-hydrogen) atoms. The van der Waals surface area contributed by atoms with E-state index in [1.165, 1.54) is 11.3 Å². The molecule has 0 amide bonds.